The molecule has 0 aliphatic rings. The maximum atomic E-state index is 12.4. The third-order valence-electron chi connectivity index (χ3n) is 3.25. The van der Waals surface area contributed by atoms with Crippen molar-refractivity contribution in [3.63, 3.8) is 0 Å². The number of para-hydroxylation sites is 1. The molecule has 0 radical (unpaired) electrons. The number of fused-ring (bicyclic) bond motifs is 1. The molecule has 2 N–H and O–H groups in total. The van der Waals surface area contributed by atoms with E-state index in [9.17, 15) is 13.2 Å². The van der Waals surface area contributed by atoms with Crippen molar-refractivity contribution >= 4 is 33.2 Å². The van der Waals surface area contributed by atoms with Gasteiger partial charge in [0, 0.05) is 0 Å². The van der Waals surface area contributed by atoms with Gasteiger partial charge in [-0.1, -0.05) is 18.2 Å². The monoisotopic (exact) mass is 375 g/mol. The number of aromatic amines is 1. The molecule has 0 saturated carbocycles. The van der Waals surface area contributed by atoms with Crippen LogP contribution in [0.2, 0.25) is 0 Å². The van der Waals surface area contributed by atoms with Gasteiger partial charge in [0.05, 0.1) is 17.1 Å². The van der Waals surface area contributed by atoms with Crippen LogP contribution in [-0.4, -0.2) is 30.6 Å². The van der Waals surface area contributed by atoms with Gasteiger partial charge in [0.1, 0.15) is 10.6 Å². The molecule has 0 atom stereocenters. The quantitative estimate of drug-likeness (QED) is 0.662. The van der Waals surface area contributed by atoms with E-state index in [1.165, 1.54) is 18.2 Å². The Morgan fingerprint density at radius 2 is 1.88 bits per heavy atom. The molecule has 1 heterocycles. The Morgan fingerprint density at radius 1 is 1.15 bits per heavy atom. The number of anilines is 1. The smallest absolute Gasteiger partial charge is 0.414 e. The minimum Gasteiger partial charge on any atom is -0.447 e. The number of rotatable bonds is 5. The van der Waals surface area contributed by atoms with Crippen molar-refractivity contribution in [3.05, 3.63) is 48.5 Å². The summed E-state index contributed by atoms with van der Waals surface area (Å²) < 4.78 is 34.9. The number of imidazole rings is 1. The molecule has 9 heteroatoms. The second kappa shape index (κ2) is 7.04. The van der Waals surface area contributed by atoms with Crippen LogP contribution in [0.15, 0.2) is 53.4 Å². The average Bonchev–Trinajstić information content (AvgIpc) is 2.95. The Bertz CT molecular complexity index is 1030. The van der Waals surface area contributed by atoms with E-state index in [-0.39, 0.29) is 22.7 Å². The predicted molar refractivity (Wildman–Crippen MR) is 95.6 cm³/mol. The van der Waals surface area contributed by atoms with Crippen LogP contribution >= 0.6 is 0 Å². The molecule has 8 nitrogen and oxygen atoms in total. The lowest BCUT2D eigenvalue weighted by Crippen LogP contribution is -2.18. The van der Waals surface area contributed by atoms with Crippen LogP contribution in [0.4, 0.5) is 10.7 Å². The van der Waals surface area contributed by atoms with Crippen LogP contribution in [-0.2, 0) is 14.9 Å². The molecule has 0 aliphatic heterocycles. The molecule has 0 unspecified atom stereocenters. The van der Waals surface area contributed by atoms with Crippen molar-refractivity contribution in [2.45, 2.75) is 24.8 Å². The zero-order valence-electron chi connectivity index (χ0n) is 14.1. The van der Waals surface area contributed by atoms with Gasteiger partial charge < -0.3 is 13.9 Å². The number of ether oxygens (including phenoxy) is 1. The zero-order chi connectivity index (χ0) is 18.7. The number of hydrogen-bond acceptors (Lipinski definition) is 6. The Balaban J connectivity index is 1.83. The van der Waals surface area contributed by atoms with Gasteiger partial charge in [0.25, 0.3) is 0 Å². The highest BCUT2D eigenvalue weighted by Gasteiger charge is 2.18. The fourth-order valence-corrected chi connectivity index (χ4v) is 3.15. The number of H-pyrrole nitrogens is 1. The van der Waals surface area contributed by atoms with Crippen LogP contribution in [0.1, 0.15) is 13.8 Å². The van der Waals surface area contributed by atoms with Gasteiger partial charge in [-0.05, 0) is 44.2 Å². The molecule has 3 rings (SSSR count). The Kier molecular flexibility index (Phi) is 4.81. The average molecular weight is 375 g/mol. The fourth-order valence-electron chi connectivity index (χ4n) is 2.19. The number of amides is 1. The van der Waals surface area contributed by atoms with E-state index in [4.69, 9.17) is 8.92 Å². The summed E-state index contributed by atoms with van der Waals surface area (Å²) in [5, 5.41) is 2.45. The second-order valence-electron chi connectivity index (χ2n) is 5.69. The molecule has 0 saturated heterocycles. The molecule has 0 fully saturated rings. The number of nitrogens with one attached hydrogen (secondary N) is 2. The van der Waals surface area contributed by atoms with E-state index < -0.39 is 16.2 Å². The lowest BCUT2D eigenvalue weighted by molar-refractivity contribution is 0.130. The van der Waals surface area contributed by atoms with E-state index in [2.05, 4.69) is 15.3 Å². The maximum absolute atomic E-state index is 12.4. The molecule has 0 aliphatic carbocycles. The summed E-state index contributed by atoms with van der Waals surface area (Å²) in [6, 6.07) is 12.5. The van der Waals surface area contributed by atoms with Gasteiger partial charge >= 0.3 is 16.2 Å². The van der Waals surface area contributed by atoms with Crippen molar-refractivity contribution < 1.29 is 22.1 Å². The minimum atomic E-state index is -3.99. The number of benzene rings is 2. The van der Waals surface area contributed by atoms with Crippen molar-refractivity contribution in [2.24, 2.45) is 0 Å². The minimum absolute atomic E-state index is 0.0335. The van der Waals surface area contributed by atoms with Gasteiger partial charge in [0.15, 0.2) is 0 Å². The first-order chi connectivity index (χ1) is 12.3. The normalized spacial score (nSPS) is 11.5. The Hall–Kier alpha value is -3.07. The van der Waals surface area contributed by atoms with Crippen LogP contribution < -0.4 is 9.50 Å². The first kappa shape index (κ1) is 17.7. The highest BCUT2D eigenvalue weighted by Crippen LogP contribution is 2.22. The van der Waals surface area contributed by atoms with E-state index in [1.54, 1.807) is 44.2 Å². The molecule has 26 heavy (non-hydrogen) atoms. The number of carbonyl (C=O) groups is 1. The molecule has 136 valence electrons. The van der Waals surface area contributed by atoms with Crippen molar-refractivity contribution in [1.29, 1.82) is 0 Å². The summed E-state index contributed by atoms with van der Waals surface area (Å²) in [5.41, 5.74) is 0.922. The third-order valence-corrected chi connectivity index (χ3v) is 4.50. The predicted octanol–water partition coefficient (Wildman–Crippen LogP) is 3.29. The van der Waals surface area contributed by atoms with Gasteiger partial charge in [-0.25, -0.2) is 9.78 Å². The van der Waals surface area contributed by atoms with Gasteiger partial charge in [0.2, 0.25) is 5.95 Å². The number of carbonyl (C=O) groups excluding carboxylic acids is 1. The molecule has 0 bridgehead atoms. The lowest BCUT2D eigenvalue weighted by Gasteiger charge is -2.07. The SMILES string of the molecule is CC(C)OC(=O)Nc1nc2ccc(S(=O)(=O)Oc3ccccc3)cc2[nH]1. The summed E-state index contributed by atoms with van der Waals surface area (Å²) in [6.45, 7) is 3.45. The number of hydrogen-bond donors (Lipinski definition) is 2. The lowest BCUT2D eigenvalue weighted by atomic mass is 10.3. The van der Waals surface area contributed by atoms with E-state index in [0.29, 0.717) is 11.0 Å². The maximum Gasteiger partial charge on any atom is 0.414 e. The molecular formula is C17H17N3O5S. The molecule has 1 aromatic heterocycles. The summed E-state index contributed by atoms with van der Waals surface area (Å²) in [7, 11) is -3.99. The first-order valence-corrected chi connectivity index (χ1v) is 9.21. The van der Waals surface area contributed by atoms with Crippen LogP contribution in [0.3, 0.4) is 0 Å². The van der Waals surface area contributed by atoms with Crippen molar-refractivity contribution in [1.82, 2.24) is 9.97 Å². The van der Waals surface area contributed by atoms with Crippen LogP contribution in [0.25, 0.3) is 11.0 Å². The largest absolute Gasteiger partial charge is 0.447 e. The summed E-state index contributed by atoms with van der Waals surface area (Å²) in [5.74, 6) is 0.375. The van der Waals surface area contributed by atoms with Gasteiger partial charge in [-0.2, -0.15) is 8.42 Å². The van der Waals surface area contributed by atoms with Crippen LogP contribution in [0, 0.1) is 0 Å². The second-order valence-corrected chi connectivity index (χ2v) is 7.24. The number of aromatic nitrogens is 2. The third kappa shape index (κ3) is 4.12. The standard InChI is InChI=1S/C17H17N3O5S/c1-11(2)24-17(21)20-16-18-14-9-8-13(10-15(14)19-16)26(22,23)25-12-6-4-3-5-7-12/h3-11H,1-2H3,(H2,18,19,20,21). The molecule has 2 aromatic carbocycles. The fraction of sp³-hybridized carbons (Fsp3) is 0.176. The molecule has 3 aromatic rings. The van der Waals surface area contributed by atoms with E-state index in [0.717, 1.165) is 0 Å². The summed E-state index contributed by atoms with van der Waals surface area (Å²) in [4.78, 5) is 18.6. The van der Waals surface area contributed by atoms with E-state index >= 15 is 0 Å². The molecular weight excluding hydrogens is 358 g/mol. The van der Waals surface area contributed by atoms with Crippen molar-refractivity contribution in [2.75, 3.05) is 5.32 Å². The summed E-state index contributed by atoms with van der Waals surface area (Å²) in [6.07, 6.45) is -0.925. The van der Waals surface area contributed by atoms with Crippen molar-refractivity contribution in [3.8, 4) is 5.75 Å². The zero-order valence-corrected chi connectivity index (χ0v) is 14.9. The molecule has 1 amide bonds. The van der Waals surface area contributed by atoms with Gasteiger partial charge in [-0.3, -0.25) is 5.32 Å². The first-order valence-electron chi connectivity index (χ1n) is 7.80. The Morgan fingerprint density at radius 3 is 2.58 bits per heavy atom. The topological polar surface area (TPSA) is 110 Å². The van der Waals surface area contributed by atoms with E-state index in [1.807, 2.05) is 0 Å². The summed E-state index contributed by atoms with van der Waals surface area (Å²) >= 11 is 0. The number of nitrogens with zero attached hydrogens (tertiary/aromatic N) is 1. The molecule has 0 spiro atoms. The highest BCUT2D eigenvalue weighted by molar-refractivity contribution is 7.87. The highest BCUT2D eigenvalue weighted by atomic mass is 32.2. The van der Waals surface area contributed by atoms with Crippen LogP contribution in [0.5, 0.6) is 5.75 Å². The Labute approximate surface area is 150 Å². The van der Waals surface area contributed by atoms with Gasteiger partial charge in [-0.15, -0.1) is 0 Å².